The van der Waals surface area contributed by atoms with E-state index in [9.17, 15) is 18.0 Å². The topological polar surface area (TPSA) is 101 Å². The number of alkyl halides is 3. The van der Waals surface area contributed by atoms with Gasteiger partial charge in [0.1, 0.15) is 6.10 Å². The summed E-state index contributed by atoms with van der Waals surface area (Å²) in [5.74, 6) is 0.438. The number of morpholine rings is 1. The number of nitrogens with zero attached hydrogens (tertiary/aromatic N) is 6. The van der Waals surface area contributed by atoms with Crippen LogP contribution in [0.2, 0.25) is 0 Å². The molecular formula is C36H36F3N7O3. The van der Waals surface area contributed by atoms with Crippen LogP contribution in [0, 0.1) is 12.3 Å². The van der Waals surface area contributed by atoms with E-state index in [1.807, 2.05) is 28.8 Å². The van der Waals surface area contributed by atoms with Crippen LogP contribution in [0.15, 0.2) is 67.1 Å². The summed E-state index contributed by atoms with van der Waals surface area (Å²) in [4.78, 5) is 29.6. The molecule has 5 aromatic rings. The molecule has 0 unspecified atom stereocenters. The van der Waals surface area contributed by atoms with E-state index in [1.165, 1.54) is 13.0 Å². The largest absolute Gasteiger partial charge is 0.459 e. The number of likely N-dealkylation sites (tertiary alicyclic amines) is 1. The lowest BCUT2D eigenvalue weighted by Gasteiger charge is -2.58. The molecule has 1 spiro atoms. The molecule has 1 N–H and O–H groups in total. The summed E-state index contributed by atoms with van der Waals surface area (Å²) >= 11 is 0. The molecule has 254 valence electrons. The third-order valence-electron chi connectivity index (χ3n) is 10.1. The van der Waals surface area contributed by atoms with E-state index in [-0.39, 0.29) is 29.5 Å². The van der Waals surface area contributed by atoms with Crippen molar-refractivity contribution in [3.8, 4) is 11.3 Å². The predicted molar refractivity (Wildman–Crippen MR) is 175 cm³/mol. The molecule has 0 atom stereocenters. The lowest BCUT2D eigenvalue weighted by atomic mass is 9.61. The highest BCUT2D eigenvalue weighted by Crippen LogP contribution is 2.50. The van der Waals surface area contributed by atoms with Gasteiger partial charge in [-0.25, -0.2) is 19.3 Å². The first-order valence-electron chi connectivity index (χ1n) is 16.5. The number of benzene rings is 2. The van der Waals surface area contributed by atoms with Crippen LogP contribution in [0.3, 0.4) is 0 Å². The van der Waals surface area contributed by atoms with Gasteiger partial charge in [-0.1, -0.05) is 30.3 Å². The molecule has 13 heteroatoms. The van der Waals surface area contributed by atoms with Crippen LogP contribution in [0.5, 0.6) is 0 Å². The Bertz CT molecular complexity index is 1970. The zero-order valence-corrected chi connectivity index (χ0v) is 27.0. The Labute approximate surface area is 280 Å². The number of carbonyl (C=O) groups excluding carboxylic acids is 1. The molecule has 0 radical (unpaired) electrons. The van der Waals surface area contributed by atoms with Crippen molar-refractivity contribution in [2.75, 3.05) is 44.3 Å². The molecule has 3 fully saturated rings. The van der Waals surface area contributed by atoms with E-state index in [0.29, 0.717) is 49.6 Å². The fraction of sp³-hybridized carbons (Fsp3) is 0.389. The Hall–Kier alpha value is -4.75. The van der Waals surface area contributed by atoms with Crippen molar-refractivity contribution in [2.24, 2.45) is 5.41 Å². The van der Waals surface area contributed by atoms with Crippen LogP contribution in [-0.2, 0) is 28.6 Å². The fourth-order valence-corrected chi connectivity index (χ4v) is 7.58. The van der Waals surface area contributed by atoms with Crippen molar-refractivity contribution < 1.29 is 27.4 Å². The number of hydrogen-bond donors (Lipinski definition) is 1. The molecule has 10 nitrogen and oxygen atoms in total. The van der Waals surface area contributed by atoms with Crippen molar-refractivity contribution in [1.29, 1.82) is 0 Å². The number of fused-ring (bicyclic) bond motifs is 1. The second-order valence-corrected chi connectivity index (χ2v) is 13.4. The quantitative estimate of drug-likeness (QED) is 0.210. The number of halogens is 3. The van der Waals surface area contributed by atoms with Crippen molar-refractivity contribution in [3.63, 3.8) is 0 Å². The maximum absolute atomic E-state index is 13.9. The number of aromatic amines is 1. The highest BCUT2D eigenvalue weighted by molar-refractivity contribution is 5.89. The number of rotatable bonds is 8. The molecule has 2 aliphatic heterocycles. The summed E-state index contributed by atoms with van der Waals surface area (Å²) in [7, 11) is 0. The molecule has 2 saturated heterocycles. The first-order valence-corrected chi connectivity index (χ1v) is 16.5. The van der Waals surface area contributed by atoms with Gasteiger partial charge in [0, 0.05) is 50.1 Å². The van der Waals surface area contributed by atoms with Crippen LogP contribution in [-0.4, -0.2) is 80.9 Å². The van der Waals surface area contributed by atoms with Gasteiger partial charge in [-0.2, -0.15) is 13.2 Å². The van der Waals surface area contributed by atoms with E-state index in [1.54, 1.807) is 30.7 Å². The van der Waals surface area contributed by atoms with Crippen LogP contribution >= 0.6 is 0 Å². The Morgan fingerprint density at radius 2 is 1.86 bits per heavy atom. The summed E-state index contributed by atoms with van der Waals surface area (Å²) in [6.07, 6.45) is 0.616. The summed E-state index contributed by atoms with van der Waals surface area (Å²) in [6, 6.07) is 15.4. The maximum atomic E-state index is 13.9. The Balaban J connectivity index is 1.10. The highest BCUT2D eigenvalue weighted by atomic mass is 19.4. The van der Waals surface area contributed by atoms with Crippen LogP contribution in [0.1, 0.15) is 51.3 Å². The number of H-pyrrole nitrogens is 1. The number of ether oxygens (including phenoxy) is 2. The van der Waals surface area contributed by atoms with Gasteiger partial charge in [0.25, 0.3) is 0 Å². The minimum Gasteiger partial charge on any atom is -0.459 e. The van der Waals surface area contributed by atoms with Crippen LogP contribution in [0.4, 0.5) is 19.0 Å². The van der Waals surface area contributed by atoms with E-state index >= 15 is 0 Å². The number of nitrogens with one attached hydrogen (secondary N) is 1. The molecule has 1 aliphatic carbocycles. The molecule has 49 heavy (non-hydrogen) atoms. The smallest absolute Gasteiger partial charge is 0.416 e. The summed E-state index contributed by atoms with van der Waals surface area (Å²) in [5.41, 5.74) is 4.47. The molecular weight excluding hydrogens is 635 g/mol. The number of hydrogen-bond acceptors (Lipinski definition) is 8. The lowest BCUT2D eigenvalue weighted by molar-refractivity contribution is -0.138. The normalized spacial score (nSPS) is 18.1. The third kappa shape index (κ3) is 6.05. The lowest BCUT2D eigenvalue weighted by Crippen LogP contribution is -2.63. The van der Waals surface area contributed by atoms with E-state index < -0.39 is 11.7 Å². The molecule has 3 aromatic heterocycles. The monoisotopic (exact) mass is 671 g/mol. The van der Waals surface area contributed by atoms with Crippen molar-refractivity contribution in [1.82, 2.24) is 29.5 Å². The van der Waals surface area contributed by atoms with Gasteiger partial charge in [0.2, 0.25) is 0 Å². The maximum Gasteiger partial charge on any atom is 0.416 e. The first kappa shape index (κ1) is 31.5. The van der Waals surface area contributed by atoms with Crippen molar-refractivity contribution in [2.45, 2.75) is 45.0 Å². The number of anilines is 1. The third-order valence-corrected chi connectivity index (χ3v) is 10.1. The first-order chi connectivity index (χ1) is 23.7. The minimum absolute atomic E-state index is 0.0847. The minimum atomic E-state index is -4.46. The predicted octanol–water partition coefficient (Wildman–Crippen LogP) is 5.70. The molecule has 3 aliphatic rings. The molecule has 0 amide bonds. The van der Waals surface area contributed by atoms with Gasteiger partial charge in [-0.3, -0.25) is 4.90 Å². The zero-order chi connectivity index (χ0) is 33.8. The molecule has 1 saturated carbocycles. The fourth-order valence-electron chi connectivity index (χ4n) is 7.58. The van der Waals surface area contributed by atoms with Crippen LogP contribution in [0.25, 0.3) is 16.9 Å². The Kier molecular flexibility index (Phi) is 7.91. The second-order valence-electron chi connectivity index (χ2n) is 13.4. The SMILES string of the molecule is Cc1c(Cc2c(CN3CC4(CC(OC(=O)c5ccccc5)C4)C3)nc3c(-c4cnc[nH]4)cc(N4CCOCC4)nn23)cccc1C(F)(F)F. The standard InChI is InChI=1S/C36H36F3N7O3/c1-23-25(8-5-9-28(23)36(37,38)39)14-31-30(19-44-20-35(21-44)16-26(17-35)49-34(47)24-6-3-2-4-7-24)42-33-27(29-18-40-22-41-29)15-32(43-46(31)33)45-10-12-48-13-11-45/h2-9,15,18,22,26H,10-14,16-17,19-21H2,1H3,(H,40,41). The summed E-state index contributed by atoms with van der Waals surface area (Å²) in [6.45, 7) is 6.18. The Morgan fingerprint density at radius 1 is 1.08 bits per heavy atom. The van der Waals surface area contributed by atoms with Crippen LogP contribution < -0.4 is 4.90 Å². The number of imidazole rings is 2. The van der Waals surface area contributed by atoms with E-state index in [2.05, 4.69) is 19.8 Å². The van der Waals surface area contributed by atoms with E-state index in [0.717, 1.165) is 60.5 Å². The second kappa shape index (κ2) is 12.3. The average Bonchev–Trinajstić information content (AvgIpc) is 3.72. The van der Waals surface area contributed by atoms with Gasteiger partial charge < -0.3 is 19.4 Å². The number of esters is 1. The zero-order valence-electron chi connectivity index (χ0n) is 27.0. The van der Waals surface area contributed by atoms with E-state index in [4.69, 9.17) is 19.6 Å². The van der Waals surface area contributed by atoms with Gasteiger partial charge in [0.15, 0.2) is 11.5 Å². The number of carbonyl (C=O) groups is 1. The summed E-state index contributed by atoms with van der Waals surface area (Å²) < 4.78 is 55.0. The van der Waals surface area contributed by atoms with Gasteiger partial charge in [-0.05, 0) is 55.2 Å². The van der Waals surface area contributed by atoms with Gasteiger partial charge in [-0.15, -0.1) is 5.10 Å². The molecule has 2 aromatic carbocycles. The van der Waals surface area contributed by atoms with Crippen molar-refractivity contribution >= 4 is 17.4 Å². The molecule has 0 bridgehead atoms. The van der Waals surface area contributed by atoms with Gasteiger partial charge >= 0.3 is 12.1 Å². The number of aromatic nitrogens is 5. The van der Waals surface area contributed by atoms with Gasteiger partial charge in [0.05, 0.1) is 53.9 Å². The van der Waals surface area contributed by atoms with Crippen molar-refractivity contribution in [3.05, 3.63) is 101 Å². The molecule has 5 heterocycles. The average molecular weight is 672 g/mol. The molecule has 8 rings (SSSR count). The highest BCUT2D eigenvalue weighted by Gasteiger charge is 2.53. The Morgan fingerprint density at radius 3 is 2.57 bits per heavy atom. The summed E-state index contributed by atoms with van der Waals surface area (Å²) in [5, 5.41) is 5.06.